The van der Waals surface area contributed by atoms with Crippen LogP contribution in [-0.2, 0) is 9.84 Å². The fraction of sp³-hybridized carbons (Fsp3) is 0.261. The molecule has 0 saturated carbocycles. The third kappa shape index (κ3) is 5.30. The molecule has 0 atom stereocenters. The van der Waals surface area contributed by atoms with Gasteiger partial charge in [-0.2, -0.15) is 9.97 Å². The summed E-state index contributed by atoms with van der Waals surface area (Å²) < 4.78 is 23.6. The molecule has 12 heteroatoms. The maximum atomic E-state index is 11.8. The second-order valence-electron chi connectivity index (χ2n) is 8.24. The van der Waals surface area contributed by atoms with E-state index < -0.39 is 9.84 Å². The number of hydrogen-bond acceptors (Lipinski definition) is 9. The van der Waals surface area contributed by atoms with E-state index in [0.29, 0.717) is 48.7 Å². The van der Waals surface area contributed by atoms with Crippen molar-refractivity contribution in [3.63, 3.8) is 0 Å². The molecule has 0 aliphatic carbocycles. The Bertz CT molecular complexity index is 1470. The number of halogens is 2. The van der Waals surface area contributed by atoms with Crippen LogP contribution in [0.5, 0.6) is 0 Å². The number of benzene rings is 2. The van der Waals surface area contributed by atoms with Crippen molar-refractivity contribution in [1.29, 1.82) is 0 Å². The number of rotatable bonds is 6. The first-order valence-electron chi connectivity index (χ1n) is 11.0. The molecule has 8 nitrogen and oxygen atoms in total. The summed E-state index contributed by atoms with van der Waals surface area (Å²) in [6, 6.07) is 11.8. The molecule has 5 rings (SSSR count). The number of sulfone groups is 1. The van der Waals surface area contributed by atoms with E-state index >= 15 is 0 Å². The Kier molecular flexibility index (Phi) is 6.71. The minimum absolute atomic E-state index is 0.252. The number of fused-ring (bicyclic) bond motifs is 1. The Morgan fingerprint density at radius 2 is 1.60 bits per heavy atom. The standard InChI is InChI=1S/C23H22Cl2N6O2S2/c1-35(32,33)15-10-8-14(9-11-15)26-20-19-21(30-22(29-20)31-12-3-2-4-13-31)34-23(28-19)27-18-16(24)6-5-7-17(18)25/h5-11H,2-4,12-13H2,1H3,(H,27,28)(H,26,29,30). The average Bonchev–Trinajstić information content (AvgIpc) is 3.25. The first-order chi connectivity index (χ1) is 16.8. The van der Waals surface area contributed by atoms with E-state index in [1.165, 1.54) is 24.0 Å². The van der Waals surface area contributed by atoms with Gasteiger partial charge in [-0.3, -0.25) is 0 Å². The minimum Gasteiger partial charge on any atom is -0.341 e. The van der Waals surface area contributed by atoms with Gasteiger partial charge in [0.25, 0.3) is 0 Å². The van der Waals surface area contributed by atoms with Gasteiger partial charge in [0.2, 0.25) is 5.95 Å². The van der Waals surface area contributed by atoms with Crippen LogP contribution in [0.1, 0.15) is 19.3 Å². The lowest BCUT2D eigenvalue weighted by molar-refractivity contribution is 0.569. The molecular weight excluding hydrogens is 527 g/mol. The lowest BCUT2D eigenvalue weighted by Gasteiger charge is -2.26. The van der Waals surface area contributed by atoms with Gasteiger partial charge in [0.1, 0.15) is 5.52 Å². The first-order valence-corrected chi connectivity index (χ1v) is 14.5. The molecule has 0 unspecified atom stereocenters. The molecule has 1 saturated heterocycles. The van der Waals surface area contributed by atoms with Crippen molar-refractivity contribution in [2.24, 2.45) is 0 Å². The maximum absolute atomic E-state index is 11.8. The van der Waals surface area contributed by atoms with Crippen LogP contribution in [0, 0.1) is 0 Å². The number of hydrogen-bond donors (Lipinski definition) is 2. The van der Waals surface area contributed by atoms with Gasteiger partial charge in [-0.1, -0.05) is 40.6 Å². The Balaban J connectivity index is 1.54. The predicted molar refractivity (Wildman–Crippen MR) is 144 cm³/mol. The van der Waals surface area contributed by atoms with Crippen LogP contribution in [0.2, 0.25) is 10.0 Å². The molecule has 1 fully saturated rings. The third-order valence-electron chi connectivity index (χ3n) is 5.63. The van der Waals surface area contributed by atoms with Crippen molar-refractivity contribution < 1.29 is 8.42 Å². The average molecular weight is 550 g/mol. The molecule has 2 aromatic heterocycles. The SMILES string of the molecule is CS(=O)(=O)c1ccc(Nc2nc(N3CCCCC3)nc3sc(Nc4c(Cl)cccc4Cl)nc23)cc1. The van der Waals surface area contributed by atoms with Crippen LogP contribution >= 0.6 is 34.5 Å². The molecule has 0 radical (unpaired) electrons. The second kappa shape index (κ2) is 9.77. The van der Waals surface area contributed by atoms with Crippen molar-refractivity contribution in [3.05, 3.63) is 52.5 Å². The summed E-state index contributed by atoms with van der Waals surface area (Å²) in [6.07, 6.45) is 4.57. The fourth-order valence-electron chi connectivity index (χ4n) is 3.83. The van der Waals surface area contributed by atoms with E-state index in [1.54, 1.807) is 42.5 Å². The van der Waals surface area contributed by atoms with Gasteiger partial charge in [-0.25, -0.2) is 13.4 Å². The molecule has 3 heterocycles. The van der Waals surface area contributed by atoms with E-state index in [2.05, 4.69) is 15.5 Å². The van der Waals surface area contributed by atoms with E-state index in [4.69, 9.17) is 38.2 Å². The highest BCUT2D eigenvalue weighted by molar-refractivity contribution is 7.90. The monoisotopic (exact) mass is 548 g/mol. The number of para-hydroxylation sites is 1. The largest absolute Gasteiger partial charge is 0.341 e. The summed E-state index contributed by atoms with van der Waals surface area (Å²) in [5, 5.41) is 8.06. The van der Waals surface area contributed by atoms with Gasteiger partial charge in [0, 0.05) is 25.0 Å². The number of piperidine rings is 1. The van der Waals surface area contributed by atoms with Gasteiger partial charge >= 0.3 is 0 Å². The Labute approximate surface area is 217 Å². The van der Waals surface area contributed by atoms with Crippen molar-refractivity contribution in [3.8, 4) is 0 Å². The van der Waals surface area contributed by atoms with Gasteiger partial charge in [-0.15, -0.1) is 0 Å². The van der Waals surface area contributed by atoms with Crippen molar-refractivity contribution in [2.75, 3.05) is 34.9 Å². The maximum Gasteiger partial charge on any atom is 0.228 e. The van der Waals surface area contributed by atoms with Crippen molar-refractivity contribution in [2.45, 2.75) is 24.2 Å². The smallest absolute Gasteiger partial charge is 0.228 e. The lowest BCUT2D eigenvalue weighted by atomic mass is 10.1. The number of aromatic nitrogens is 3. The van der Waals surface area contributed by atoms with Crippen LogP contribution < -0.4 is 15.5 Å². The highest BCUT2D eigenvalue weighted by Crippen LogP contribution is 2.37. The molecule has 182 valence electrons. The molecule has 4 aromatic rings. The summed E-state index contributed by atoms with van der Waals surface area (Å²) >= 11 is 14.0. The molecule has 35 heavy (non-hydrogen) atoms. The summed E-state index contributed by atoms with van der Waals surface area (Å²) in [7, 11) is -3.28. The summed E-state index contributed by atoms with van der Waals surface area (Å²) in [6.45, 7) is 1.79. The van der Waals surface area contributed by atoms with Crippen LogP contribution in [0.4, 0.5) is 28.3 Å². The zero-order valence-electron chi connectivity index (χ0n) is 18.8. The normalized spacial score (nSPS) is 14.3. The van der Waals surface area contributed by atoms with Crippen molar-refractivity contribution >= 4 is 83.0 Å². The topological polar surface area (TPSA) is 100 Å². The fourth-order valence-corrected chi connectivity index (χ4v) is 5.80. The zero-order valence-corrected chi connectivity index (χ0v) is 21.9. The first kappa shape index (κ1) is 24.1. The molecular formula is C23H22Cl2N6O2S2. The molecule has 1 aliphatic heterocycles. The summed E-state index contributed by atoms with van der Waals surface area (Å²) in [5.41, 5.74) is 1.86. The van der Waals surface area contributed by atoms with Crippen LogP contribution in [0.25, 0.3) is 10.3 Å². The van der Waals surface area contributed by atoms with E-state index in [-0.39, 0.29) is 4.90 Å². The van der Waals surface area contributed by atoms with Gasteiger partial charge < -0.3 is 15.5 Å². The highest BCUT2D eigenvalue weighted by Gasteiger charge is 2.20. The zero-order chi connectivity index (χ0) is 24.6. The molecule has 0 amide bonds. The highest BCUT2D eigenvalue weighted by atomic mass is 35.5. The summed E-state index contributed by atoms with van der Waals surface area (Å²) in [4.78, 5) is 17.5. The summed E-state index contributed by atoms with van der Waals surface area (Å²) in [5.74, 6) is 1.18. The quantitative estimate of drug-likeness (QED) is 0.290. The molecule has 2 N–H and O–H groups in total. The minimum atomic E-state index is -3.28. The second-order valence-corrected chi connectivity index (χ2v) is 12.0. The molecule has 1 aliphatic rings. The Morgan fingerprint density at radius 1 is 0.914 bits per heavy atom. The molecule has 0 bridgehead atoms. The number of nitrogens with zero attached hydrogens (tertiary/aromatic N) is 4. The number of nitrogens with one attached hydrogen (secondary N) is 2. The Hall–Kier alpha value is -2.66. The number of anilines is 5. The van der Waals surface area contributed by atoms with Gasteiger partial charge in [-0.05, 0) is 55.7 Å². The van der Waals surface area contributed by atoms with E-state index in [9.17, 15) is 8.42 Å². The van der Waals surface area contributed by atoms with Crippen molar-refractivity contribution in [1.82, 2.24) is 15.0 Å². The van der Waals surface area contributed by atoms with E-state index in [1.807, 2.05) is 0 Å². The molecule has 0 spiro atoms. The molecule has 2 aromatic carbocycles. The van der Waals surface area contributed by atoms with Crippen LogP contribution in [0.15, 0.2) is 47.4 Å². The van der Waals surface area contributed by atoms with Crippen LogP contribution in [0.3, 0.4) is 0 Å². The lowest BCUT2D eigenvalue weighted by Crippen LogP contribution is -2.31. The van der Waals surface area contributed by atoms with Gasteiger partial charge in [0.05, 0.1) is 20.6 Å². The van der Waals surface area contributed by atoms with E-state index in [0.717, 1.165) is 25.9 Å². The predicted octanol–water partition coefficient (Wildman–Crippen LogP) is 6.27. The third-order valence-corrected chi connectivity index (χ3v) is 8.25. The van der Waals surface area contributed by atoms with Crippen LogP contribution in [-0.4, -0.2) is 42.7 Å². The van der Waals surface area contributed by atoms with Gasteiger partial charge in [0.15, 0.2) is 25.6 Å². The Morgan fingerprint density at radius 3 is 2.26 bits per heavy atom. The number of thiazole rings is 1.